The lowest BCUT2D eigenvalue weighted by atomic mass is 9.78. The van der Waals surface area contributed by atoms with Gasteiger partial charge in [0, 0.05) is 11.1 Å². The molecule has 1 aromatic carbocycles. The SMILES string of the molecule is C=CCOc1c(C(C)(C)C)cc(CCN[O-])cc1C(C)(C)C. The molecule has 0 aliphatic carbocycles. The highest BCUT2D eigenvalue weighted by Crippen LogP contribution is 2.40. The van der Waals surface area contributed by atoms with E-state index in [1.54, 1.807) is 6.08 Å². The molecule has 3 nitrogen and oxygen atoms in total. The smallest absolute Gasteiger partial charge is 0.127 e. The van der Waals surface area contributed by atoms with Crippen molar-refractivity contribution >= 4 is 0 Å². The average Bonchev–Trinajstić information content (AvgIpc) is 2.40. The van der Waals surface area contributed by atoms with Crippen molar-refractivity contribution in [3.8, 4) is 5.75 Å². The van der Waals surface area contributed by atoms with Gasteiger partial charge in [-0.25, -0.2) is 0 Å². The minimum Gasteiger partial charge on any atom is -0.788 e. The first-order valence-corrected chi connectivity index (χ1v) is 7.88. The van der Waals surface area contributed by atoms with Gasteiger partial charge in [-0.1, -0.05) is 66.3 Å². The molecule has 1 rings (SSSR count). The number of rotatable bonds is 6. The van der Waals surface area contributed by atoms with Gasteiger partial charge in [-0.15, -0.1) is 0 Å². The quantitative estimate of drug-likeness (QED) is 0.622. The Morgan fingerprint density at radius 2 is 1.59 bits per heavy atom. The summed E-state index contributed by atoms with van der Waals surface area (Å²) < 4.78 is 6.03. The van der Waals surface area contributed by atoms with E-state index >= 15 is 0 Å². The molecule has 0 saturated carbocycles. The maximum absolute atomic E-state index is 10.6. The Labute approximate surface area is 135 Å². The Bertz CT molecular complexity index is 472. The number of ether oxygens (including phenoxy) is 1. The number of hydrogen-bond donors (Lipinski definition) is 1. The summed E-state index contributed by atoms with van der Waals surface area (Å²) in [5.74, 6) is 0.957. The van der Waals surface area contributed by atoms with Crippen LogP contribution in [0.15, 0.2) is 24.8 Å². The molecule has 0 atom stereocenters. The molecule has 0 amide bonds. The molecule has 0 radical (unpaired) electrons. The third kappa shape index (κ3) is 4.85. The van der Waals surface area contributed by atoms with Gasteiger partial charge in [0.2, 0.25) is 0 Å². The summed E-state index contributed by atoms with van der Waals surface area (Å²) in [6.07, 6.45) is 2.49. The van der Waals surface area contributed by atoms with Crippen LogP contribution in [0, 0.1) is 5.21 Å². The fourth-order valence-corrected chi connectivity index (χ4v) is 2.44. The zero-order chi connectivity index (χ0) is 17.0. The molecular formula is C19H30NO2-. The van der Waals surface area contributed by atoms with E-state index in [0.717, 1.165) is 12.2 Å². The predicted molar refractivity (Wildman–Crippen MR) is 94.6 cm³/mol. The molecule has 3 heteroatoms. The van der Waals surface area contributed by atoms with E-state index in [4.69, 9.17) is 4.74 Å². The zero-order valence-electron chi connectivity index (χ0n) is 14.9. The zero-order valence-corrected chi connectivity index (χ0v) is 14.9. The van der Waals surface area contributed by atoms with E-state index in [1.165, 1.54) is 16.7 Å². The Kier molecular flexibility index (Phi) is 6.21. The lowest BCUT2D eigenvalue weighted by Gasteiger charge is -2.30. The standard InChI is InChI=1S/C19H30NO2/c1-8-11-22-17-15(18(2,3)4)12-14(9-10-20-21)13-16(17)19(5,6)7/h8,12-13,20H,1,9-11H2,2-7H3/q-1. The molecule has 0 saturated heterocycles. The molecular weight excluding hydrogens is 274 g/mol. The summed E-state index contributed by atoms with van der Waals surface area (Å²) >= 11 is 0. The van der Waals surface area contributed by atoms with Gasteiger partial charge in [-0.2, -0.15) is 0 Å². The van der Waals surface area contributed by atoms with Gasteiger partial charge in [0.1, 0.15) is 12.4 Å². The van der Waals surface area contributed by atoms with Crippen LogP contribution in [-0.4, -0.2) is 13.2 Å². The van der Waals surface area contributed by atoms with Gasteiger partial charge < -0.3 is 15.4 Å². The Hall–Kier alpha value is -1.32. The first-order valence-electron chi connectivity index (χ1n) is 7.88. The molecule has 22 heavy (non-hydrogen) atoms. The highest BCUT2D eigenvalue weighted by atomic mass is 16.5. The van der Waals surface area contributed by atoms with Crippen LogP contribution in [-0.2, 0) is 17.3 Å². The van der Waals surface area contributed by atoms with Crippen molar-refractivity contribution in [2.24, 2.45) is 0 Å². The molecule has 0 aliphatic heterocycles. The van der Waals surface area contributed by atoms with Crippen molar-refractivity contribution in [2.75, 3.05) is 13.2 Å². The van der Waals surface area contributed by atoms with Crippen LogP contribution in [0.5, 0.6) is 5.75 Å². The van der Waals surface area contributed by atoms with Crippen molar-refractivity contribution in [1.29, 1.82) is 0 Å². The fourth-order valence-electron chi connectivity index (χ4n) is 2.44. The molecule has 0 bridgehead atoms. The van der Waals surface area contributed by atoms with Crippen LogP contribution in [0.4, 0.5) is 0 Å². The second-order valence-corrected chi connectivity index (χ2v) is 7.76. The molecule has 0 aromatic heterocycles. The van der Waals surface area contributed by atoms with Crippen LogP contribution < -0.4 is 10.2 Å². The number of hydroxylamine groups is 1. The number of nitrogens with one attached hydrogen (secondary N) is 1. The van der Waals surface area contributed by atoms with Crippen molar-refractivity contribution in [3.05, 3.63) is 46.7 Å². The first kappa shape index (κ1) is 18.7. The van der Waals surface area contributed by atoms with Gasteiger partial charge in [-0.3, -0.25) is 0 Å². The summed E-state index contributed by atoms with van der Waals surface area (Å²) in [5, 5.41) is 10.6. The summed E-state index contributed by atoms with van der Waals surface area (Å²) in [5.41, 5.74) is 5.46. The van der Waals surface area contributed by atoms with Crippen LogP contribution in [0.3, 0.4) is 0 Å². The monoisotopic (exact) mass is 304 g/mol. The maximum Gasteiger partial charge on any atom is 0.127 e. The van der Waals surface area contributed by atoms with Crippen molar-refractivity contribution in [2.45, 2.75) is 58.8 Å². The predicted octanol–water partition coefficient (Wildman–Crippen LogP) is 4.48. The summed E-state index contributed by atoms with van der Waals surface area (Å²) in [6.45, 7) is 17.8. The minimum atomic E-state index is -0.0304. The summed E-state index contributed by atoms with van der Waals surface area (Å²) in [7, 11) is 0. The lowest BCUT2D eigenvalue weighted by molar-refractivity contribution is 0.339. The number of benzene rings is 1. The van der Waals surface area contributed by atoms with Crippen LogP contribution in [0.1, 0.15) is 58.2 Å². The van der Waals surface area contributed by atoms with Gasteiger partial charge in [0.25, 0.3) is 0 Å². The van der Waals surface area contributed by atoms with E-state index in [-0.39, 0.29) is 10.8 Å². The van der Waals surface area contributed by atoms with Gasteiger partial charge in [-0.05, 0) is 29.4 Å². The summed E-state index contributed by atoms with van der Waals surface area (Å²) in [6, 6.07) is 4.34. The first-order chi connectivity index (χ1) is 10.1. The molecule has 0 heterocycles. The van der Waals surface area contributed by atoms with Gasteiger partial charge >= 0.3 is 0 Å². The normalized spacial score (nSPS) is 12.3. The highest BCUT2D eigenvalue weighted by Gasteiger charge is 2.27. The molecule has 1 N–H and O–H groups in total. The molecule has 0 fully saturated rings. The second-order valence-electron chi connectivity index (χ2n) is 7.76. The van der Waals surface area contributed by atoms with Gasteiger partial charge in [0.05, 0.1) is 0 Å². The topological polar surface area (TPSA) is 44.3 Å². The van der Waals surface area contributed by atoms with Crippen molar-refractivity contribution < 1.29 is 4.74 Å². The van der Waals surface area contributed by atoms with E-state index < -0.39 is 0 Å². The maximum atomic E-state index is 10.6. The second kappa shape index (κ2) is 7.30. The van der Waals surface area contributed by atoms with Gasteiger partial charge in [0.15, 0.2) is 0 Å². The highest BCUT2D eigenvalue weighted by molar-refractivity contribution is 5.51. The Morgan fingerprint density at radius 1 is 1.09 bits per heavy atom. The van der Waals surface area contributed by atoms with E-state index in [1.807, 2.05) is 5.48 Å². The average molecular weight is 304 g/mol. The third-order valence-corrected chi connectivity index (χ3v) is 3.63. The Morgan fingerprint density at radius 3 is 1.95 bits per heavy atom. The third-order valence-electron chi connectivity index (χ3n) is 3.63. The van der Waals surface area contributed by atoms with Crippen molar-refractivity contribution in [1.82, 2.24) is 5.48 Å². The molecule has 0 unspecified atom stereocenters. The van der Waals surface area contributed by atoms with Crippen LogP contribution in [0.25, 0.3) is 0 Å². The molecule has 0 aliphatic rings. The molecule has 0 spiro atoms. The van der Waals surface area contributed by atoms with E-state index in [2.05, 4.69) is 60.3 Å². The molecule has 1 aromatic rings. The van der Waals surface area contributed by atoms with Crippen molar-refractivity contribution in [3.63, 3.8) is 0 Å². The number of hydrogen-bond acceptors (Lipinski definition) is 3. The largest absolute Gasteiger partial charge is 0.788 e. The van der Waals surface area contributed by atoms with E-state index in [0.29, 0.717) is 13.2 Å². The minimum absolute atomic E-state index is 0.0304. The van der Waals surface area contributed by atoms with Crippen LogP contribution >= 0.6 is 0 Å². The van der Waals surface area contributed by atoms with Crippen LogP contribution in [0.2, 0.25) is 0 Å². The molecule has 124 valence electrons. The van der Waals surface area contributed by atoms with E-state index in [9.17, 15) is 5.21 Å². The Balaban J connectivity index is 3.50. The summed E-state index contributed by atoms with van der Waals surface area (Å²) in [4.78, 5) is 0. The lowest BCUT2D eigenvalue weighted by Crippen LogP contribution is -2.21. The fraction of sp³-hybridized carbons (Fsp3) is 0.579.